The normalized spacial score (nSPS) is 12.4. The molecule has 0 fully saturated rings. The van der Waals surface area contributed by atoms with Gasteiger partial charge in [-0.3, -0.25) is 0 Å². The van der Waals surface area contributed by atoms with Gasteiger partial charge in [0, 0.05) is 11.1 Å². The average Bonchev–Trinajstić information content (AvgIpc) is 3.00. The fourth-order valence-corrected chi connectivity index (χ4v) is 15.1. The summed E-state index contributed by atoms with van der Waals surface area (Å²) in [5.41, 5.74) is 14.5. The maximum atomic E-state index is 4.09. The lowest BCUT2D eigenvalue weighted by atomic mass is 9.88. The Morgan fingerprint density at radius 1 is 0.682 bits per heavy atom. The van der Waals surface area contributed by atoms with Gasteiger partial charge in [0.2, 0.25) is 0 Å². The van der Waals surface area contributed by atoms with E-state index in [2.05, 4.69) is 153 Å². The molecule has 0 aliphatic heterocycles. The van der Waals surface area contributed by atoms with Crippen molar-refractivity contribution in [2.24, 2.45) is 0 Å². The lowest BCUT2D eigenvalue weighted by Gasteiger charge is -2.38. The van der Waals surface area contributed by atoms with E-state index in [0.29, 0.717) is 16.6 Å². The van der Waals surface area contributed by atoms with Crippen LogP contribution in [0, 0.1) is 29.9 Å². The lowest BCUT2D eigenvalue weighted by Crippen LogP contribution is -2.43. The van der Waals surface area contributed by atoms with Crippen LogP contribution in [0.3, 0.4) is 0 Å². The van der Waals surface area contributed by atoms with E-state index in [0.717, 1.165) is 5.56 Å². The molecule has 0 atom stereocenters. The van der Waals surface area contributed by atoms with E-state index in [1.807, 2.05) is 12.2 Å². The Kier molecular flexibility index (Phi) is 10.5. The number of allylic oxidation sites excluding steroid dienone is 2. The van der Waals surface area contributed by atoms with Crippen LogP contribution in [0.5, 0.6) is 0 Å². The van der Waals surface area contributed by atoms with Gasteiger partial charge in [0.05, 0.1) is 0 Å². The second-order valence-corrected chi connectivity index (χ2v) is 24.1. The molecule has 0 saturated carbocycles. The molecule has 44 heavy (non-hydrogen) atoms. The number of hydrogen-bond donors (Lipinski definition) is 0. The number of hydrogen-bond acceptors (Lipinski definition) is 0. The lowest BCUT2D eigenvalue weighted by molar-refractivity contribution is 0.838. The van der Waals surface area contributed by atoms with Crippen molar-refractivity contribution in [2.75, 3.05) is 0 Å². The molecule has 228 valence electrons. The van der Waals surface area contributed by atoms with Crippen molar-refractivity contribution in [3.8, 4) is 22.9 Å². The first-order chi connectivity index (χ1) is 21.0. The third-order valence-corrected chi connectivity index (χ3v) is 21.5. The predicted octanol–water partition coefficient (Wildman–Crippen LogP) is 12.6. The molecule has 0 saturated heterocycles. The maximum absolute atomic E-state index is 4.09. The quantitative estimate of drug-likeness (QED) is 0.0803. The molecule has 0 radical (unpaired) electrons. The fourth-order valence-electron chi connectivity index (χ4n) is 7.52. The van der Waals surface area contributed by atoms with Gasteiger partial charge in [0.1, 0.15) is 16.1 Å². The molecule has 0 spiro atoms. The van der Waals surface area contributed by atoms with Crippen LogP contribution in [0.25, 0.3) is 38.4 Å². The summed E-state index contributed by atoms with van der Waals surface area (Å²) < 4.78 is 0. The first-order valence-corrected chi connectivity index (χ1v) is 21.6. The summed E-state index contributed by atoms with van der Waals surface area (Å²) in [6, 6.07) is 21.8. The van der Waals surface area contributed by atoms with E-state index in [4.69, 9.17) is 0 Å². The van der Waals surface area contributed by atoms with E-state index in [9.17, 15) is 0 Å². The third-order valence-electron chi connectivity index (χ3n) is 10.5. The third kappa shape index (κ3) is 6.13. The van der Waals surface area contributed by atoms with Crippen molar-refractivity contribution in [1.82, 2.24) is 0 Å². The van der Waals surface area contributed by atoms with Crippen LogP contribution in [0.4, 0.5) is 0 Å². The van der Waals surface area contributed by atoms with Crippen molar-refractivity contribution in [2.45, 2.75) is 104 Å². The second-order valence-electron chi connectivity index (χ2n) is 13.6. The average molecular weight is 613 g/mol. The molecule has 0 unspecified atom stereocenters. The van der Waals surface area contributed by atoms with Gasteiger partial charge in [-0.15, -0.1) is 11.1 Å². The smallest absolute Gasteiger partial charge is 0.126 e. The highest BCUT2D eigenvalue weighted by Gasteiger charge is 2.41. The first-order valence-electron chi connectivity index (χ1n) is 16.8. The zero-order valence-corrected chi connectivity index (χ0v) is 30.9. The molecule has 0 aliphatic carbocycles. The van der Waals surface area contributed by atoms with E-state index < -0.39 is 16.1 Å². The van der Waals surface area contributed by atoms with Crippen LogP contribution < -0.4 is 0 Å². The van der Waals surface area contributed by atoms with Gasteiger partial charge in [-0.2, -0.15) is 0 Å². The van der Waals surface area contributed by atoms with Gasteiger partial charge in [0.15, 0.2) is 0 Å². The van der Waals surface area contributed by atoms with E-state index in [-0.39, 0.29) is 0 Å². The van der Waals surface area contributed by atoms with Gasteiger partial charge < -0.3 is 0 Å². The Balaban J connectivity index is 2.28. The number of rotatable bonds is 8. The summed E-state index contributed by atoms with van der Waals surface area (Å²) >= 11 is 0. The zero-order valence-electron chi connectivity index (χ0n) is 28.9. The molecule has 2 heteroatoms. The summed E-state index contributed by atoms with van der Waals surface area (Å²) in [4.78, 5) is 0. The van der Waals surface area contributed by atoms with Crippen molar-refractivity contribution in [3.63, 3.8) is 0 Å². The Morgan fingerprint density at radius 2 is 1.14 bits per heavy atom. The van der Waals surface area contributed by atoms with E-state index in [1.165, 1.54) is 67.1 Å². The minimum Gasteiger partial charge on any atom is -0.126 e. The van der Waals surface area contributed by atoms with E-state index >= 15 is 0 Å². The van der Waals surface area contributed by atoms with Crippen LogP contribution in [0.1, 0.15) is 84.6 Å². The minimum absolute atomic E-state index is 0.571. The monoisotopic (exact) mass is 612 g/mol. The molecule has 4 aromatic rings. The second kappa shape index (κ2) is 13.8. The topological polar surface area (TPSA) is 0 Å². The molecular formula is C42H52Si2. The fraction of sp³-hybridized carbons (Fsp3) is 0.381. The summed E-state index contributed by atoms with van der Waals surface area (Å²) in [5.74, 6) is 7.82. The van der Waals surface area contributed by atoms with Crippen LogP contribution in [0.2, 0.25) is 34.8 Å². The molecule has 0 aromatic heterocycles. The number of benzene rings is 4. The van der Waals surface area contributed by atoms with Gasteiger partial charge in [-0.05, 0) is 109 Å². The van der Waals surface area contributed by atoms with E-state index in [1.54, 1.807) is 0 Å². The minimum atomic E-state index is -1.96. The van der Waals surface area contributed by atoms with Crippen LogP contribution in [-0.2, 0) is 0 Å². The molecule has 4 aromatic carbocycles. The number of aryl methyl sites for hydroxylation is 1. The van der Waals surface area contributed by atoms with Gasteiger partial charge in [0.25, 0.3) is 0 Å². The molecule has 0 amide bonds. The summed E-state index contributed by atoms with van der Waals surface area (Å²) in [7, 11) is -3.63. The van der Waals surface area contributed by atoms with Crippen LogP contribution in [-0.4, -0.2) is 16.1 Å². The molecule has 0 heterocycles. The van der Waals surface area contributed by atoms with Crippen molar-refractivity contribution in [3.05, 3.63) is 89.5 Å². The maximum Gasteiger partial charge on any atom is 0.146 e. The Bertz CT molecular complexity index is 1810. The molecule has 0 nitrogen and oxygen atoms in total. The Morgan fingerprint density at radius 3 is 1.59 bits per heavy atom. The molecule has 0 aliphatic rings. The predicted molar refractivity (Wildman–Crippen MR) is 205 cm³/mol. The highest BCUT2D eigenvalue weighted by atomic mass is 28.3. The standard InChI is InChI=1S/C42H52Si2/c1-12-16-19-34-27-40-38(23-25-44(30(5)6,31(7)8)32(9)10)42-29-36-21-18-17-20-35(36)28-41(42)37(39(40)26-33(34)11)22-24-43(13-2,14-3)15-4/h12,16-21,26-32H,1,13-15H2,2-11H3/b19-16-. The first kappa shape index (κ1) is 33.6. The summed E-state index contributed by atoms with van der Waals surface area (Å²) in [6.07, 6.45) is 6.06. The Labute approximate surface area is 270 Å². The summed E-state index contributed by atoms with van der Waals surface area (Å²) in [6.45, 7) is 27.6. The largest absolute Gasteiger partial charge is 0.146 e. The highest BCUT2D eigenvalue weighted by Crippen LogP contribution is 2.42. The van der Waals surface area contributed by atoms with Gasteiger partial charge in [-0.1, -0.05) is 123 Å². The highest BCUT2D eigenvalue weighted by molar-refractivity contribution is 6.90. The van der Waals surface area contributed by atoms with Gasteiger partial charge >= 0.3 is 0 Å². The van der Waals surface area contributed by atoms with Crippen molar-refractivity contribution >= 4 is 54.5 Å². The number of fused-ring (bicyclic) bond motifs is 3. The molecule has 0 N–H and O–H groups in total. The van der Waals surface area contributed by atoms with Crippen molar-refractivity contribution < 1.29 is 0 Å². The Hall–Kier alpha value is -3.31. The van der Waals surface area contributed by atoms with Crippen LogP contribution >= 0.6 is 0 Å². The molecule has 4 rings (SSSR count). The SMILES string of the molecule is C=C/C=C\c1cc2c(C#C[Si](C(C)C)(C(C)C)C(C)C)c3cc4ccccc4cc3c(C#C[Si](CC)(CC)CC)c2cc1C. The van der Waals surface area contributed by atoms with Gasteiger partial charge in [-0.25, -0.2) is 0 Å². The van der Waals surface area contributed by atoms with Crippen LogP contribution in [0.15, 0.2) is 67.3 Å². The molecule has 0 bridgehead atoms. The zero-order chi connectivity index (χ0) is 32.2. The summed E-state index contributed by atoms with van der Waals surface area (Å²) in [5, 5.41) is 7.42. The van der Waals surface area contributed by atoms with Crippen molar-refractivity contribution in [1.29, 1.82) is 0 Å². The molecular weight excluding hydrogens is 561 g/mol.